The molecule has 0 fully saturated rings. The number of aromatic nitrogens is 2. The van der Waals surface area contributed by atoms with Gasteiger partial charge in [0.15, 0.2) is 0 Å². The second-order valence-electron chi connectivity index (χ2n) is 3.00. The first-order valence-corrected chi connectivity index (χ1v) is 4.71. The van der Waals surface area contributed by atoms with E-state index in [1.807, 2.05) is 6.92 Å². The average Bonchev–Trinajstić information content (AvgIpc) is 2.62. The number of hydrogen-bond donors (Lipinski definition) is 2. The summed E-state index contributed by atoms with van der Waals surface area (Å²) in [4.78, 5) is 11.3. The largest absolute Gasteiger partial charge is 0.311 e. The Kier molecular flexibility index (Phi) is 3.91. The molecule has 0 aliphatic carbocycles. The van der Waals surface area contributed by atoms with Crippen molar-refractivity contribution in [3.05, 3.63) is 24.4 Å². The molecule has 1 aromatic heterocycles. The standard InChI is InChI=1S/C10H15N3O/c1-3-5-6-9(14)12-10-8(4-2)7-11-13-10/h3,7H,1,4-6H2,2H3,(H2,11,12,13,14). The molecule has 1 rings (SSSR count). The number of aryl methyl sites for hydroxylation is 1. The molecule has 0 saturated carbocycles. The predicted molar refractivity (Wildman–Crippen MR) is 56.0 cm³/mol. The van der Waals surface area contributed by atoms with Crippen LogP contribution in [0.4, 0.5) is 5.82 Å². The van der Waals surface area contributed by atoms with Crippen LogP contribution in [0.15, 0.2) is 18.9 Å². The third-order valence-electron chi connectivity index (χ3n) is 1.94. The van der Waals surface area contributed by atoms with E-state index in [2.05, 4.69) is 22.1 Å². The van der Waals surface area contributed by atoms with E-state index in [0.717, 1.165) is 12.0 Å². The number of amides is 1. The Bertz CT molecular complexity index is 317. The van der Waals surface area contributed by atoms with Crippen LogP contribution in [0.25, 0.3) is 0 Å². The molecule has 76 valence electrons. The van der Waals surface area contributed by atoms with Gasteiger partial charge in [0.2, 0.25) is 5.91 Å². The van der Waals surface area contributed by atoms with Crippen molar-refractivity contribution in [3.8, 4) is 0 Å². The van der Waals surface area contributed by atoms with Crippen LogP contribution >= 0.6 is 0 Å². The van der Waals surface area contributed by atoms with Crippen LogP contribution in [0, 0.1) is 0 Å². The summed E-state index contributed by atoms with van der Waals surface area (Å²) in [7, 11) is 0. The van der Waals surface area contributed by atoms with Gasteiger partial charge in [-0.3, -0.25) is 9.89 Å². The van der Waals surface area contributed by atoms with Crippen molar-refractivity contribution >= 4 is 11.7 Å². The summed E-state index contributed by atoms with van der Waals surface area (Å²) in [6.45, 7) is 5.58. The van der Waals surface area contributed by atoms with Gasteiger partial charge in [-0.15, -0.1) is 6.58 Å². The Hall–Kier alpha value is -1.58. The number of carbonyl (C=O) groups excluding carboxylic acids is 1. The van der Waals surface area contributed by atoms with Crippen molar-refractivity contribution in [2.24, 2.45) is 0 Å². The van der Waals surface area contributed by atoms with E-state index in [4.69, 9.17) is 0 Å². The van der Waals surface area contributed by atoms with Gasteiger partial charge in [-0.25, -0.2) is 0 Å². The van der Waals surface area contributed by atoms with Crippen LogP contribution in [0.1, 0.15) is 25.3 Å². The van der Waals surface area contributed by atoms with E-state index in [1.54, 1.807) is 12.3 Å². The molecule has 0 aromatic carbocycles. The Balaban J connectivity index is 2.51. The molecular formula is C10H15N3O. The van der Waals surface area contributed by atoms with E-state index in [-0.39, 0.29) is 5.91 Å². The molecule has 2 N–H and O–H groups in total. The maximum atomic E-state index is 11.3. The molecule has 1 amide bonds. The Morgan fingerprint density at radius 2 is 2.57 bits per heavy atom. The summed E-state index contributed by atoms with van der Waals surface area (Å²) in [6.07, 6.45) is 5.47. The molecule has 0 radical (unpaired) electrons. The third kappa shape index (κ3) is 2.73. The lowest BCUT2D eigenvalue weighted by Crippen LogP contribution is -2.12. The molecule has 0 spiro atoms. The number of anilines is 1. The zero-order chi connectivity index (χ0) is 10.4. The predicted octanol–water partition coefficient (Wildman–Crippen LogP) is 1.88. The highest BCUT2D eigenvalue weighted by Gasteiger charge is 2.06. The van der Waals surface area contributed by atoms with Gasteiger partial charge in [0.05, 0.1) is 6.20 Å². The highest BCUT2D eigenvalue weighted by atomic mass is 16.1. The Morgan fingerprint density at radius 1 is 1.79 bits per heavy atom. The second-order valence-corrected chi connectivity index (χ2v) is 3.00. The van der Waals surface area contributed by atoms with E-state index >= 15 is 0 Å². The number of nitrogens with one attached hydrogen (secondary N) is 2. The molecule has 0 unspecified atom stereocenters. The first kappa shape index (κ1) is 10.5. The highest BCUT2D eigenvalue weighted by molar-refractivity contribution is 5.90. The number of hydrogen-bond acceptors (Lipinski definition) is 2. The maximum Gasteiger partial charge on any atom is 0.225 e. The van der Waals surface area contributed by atoms with Crippen LogP contribution in [0.3, 0.4) is 0 Å². The van der Waals surface area contributed by atoms with Crippen LogP contribution in [-0.2, 0) is 11.2 Å². The smallest absolute Gasteiger partial charge is 0.225 e. The van der Waals surface area contributed by atoms with Crippen molar-refractivity contribution < 1.29 is 4.79 Å². The normalized spacial score (nSPS) is 9.79. The lowest BCUT2D eigenvalue weighted by atomic mass is 10.2. The van der Waals surface area contributed by atoms with Gasteiger partial charge < -0.3 is 5.32 Å². The molecule has 0 aliphatic heterocycles. The summed E-state index contributed by atoms with van der Waals surface area (Å²) in [5.41, 5.74) is 1.02. The highest BCUT2D eigenvalue weighted by Crippen LogP contribution is 2.11. The van der Waals surface area contributed by atoms with E-state index in [9.17, 15) is 4.79 Å². The SMILES string of the molecule is C=CCCC(=O)Nc1[nH]ncc1CC. The van der Waals surface area contributed by atoms with Crippen LogP contribution in [0.2, 0.25) is 0 Å². The number of rotatable bonds is 5. The van der Waals surface area contributed by atoms with Crippen molar-refractivity contribution in [1.82, 2.24) is 10.2 Å². The zero-order valence-corrected chi connectivity index (χ0v) is 8.34. The summed E-state index contributed by atoms with van der Waals surface area (Å²) in [5, 5.41) is 9.39. The van der Waals surface area contributed by atoms with Gasteiger partial charge in [-0.1, -0.05) is 13.0 Å². The molecule has 0 saturated heterocycles. The van der Waals surface area contributed by atoms with Gasteiger partial charge in [0, 0.05) is 12.0 Å². The van der Waals surface area contributed by atoms with Gasteiger partial charge in [-0.05, 0) is 12.8 Å². The van der Waals surface area contributed by atoms with Crippen LogP contribution in [-0.4, -0.2) is 16.1 Å². The first-order chi connectivity index (χ1) is 6.77. The molecule has 1 heterocycles. The van der Waals surface area contributed by atoms with Gasteiger partial charge in [-0.2, -0.15) is 5.10 Å². The Morgan fingerprint density at radius 3 is 3.21 bits per heavy atom. The first-order valence-electron chi connectivity index (χ1n) is 4.71. The van der Waals surface area contributed by atoms with E-state index < -0.39 is 0 Å². The lowest BCUT2D eigenvalue weighted by molar-refractivity contribution is -0.116. The lowest BCUT2D eigenvalue weighted by Gasteiger charge is -2.02. The summed E-state index contributed by atoms with van der Waals surface area (Å²) < 4.78 is 0. The minimum Gasteiger partial charge on any atom is -0.311 e. The second kappa shape index (κ2) is 5.21. The maximum absolute atomic E-state index is 11.3. The number of aromatic amines is 1. The van der Waals surface area contributed by atoms with Gasteiger partial charge in [0.25, 0.3) is 0 Å². The van der Waals surface area contributed by atoms with Crippen molar-refractivity contribution in [2.45, 2.75) is 26.2 Å². The Labute approximate surface area is 83.4 Å². The molecular weight excluding hydrogens is 178 g/mol. The fraction of sp³-hybridized carbons (Fsp3) is 0.400. The van der Waals surface area contributed by atoms with Crippen molar-refractivity contribution in [1.29, 1.82) is 0 Å². The average molecular weight is 193 g/mol. The minimum atomic E-state index is -0.0103. The van der Waals surface area contributed by atoms with Crippen molar-refractivity contribution in [2.75, 3.05) is 5.32 Å². The minimum absolute atomic E-state index is 0.0103. The molecule has 0 aliphatic rings. The molecule has 4 heteroatoms. The summed E-state index contributed by atoms with van der Waals surface area (Å²) in [5.74, 6) is 0.699. The van der Waals surface area contributed by atoms with Crippen LogP contribution in [0.5, 0.6) is 0 Å². The fourth-order valence-corrected chi connectivity index (χ4v) is 1.12. The number of nitrogens with zero attached hydrogens (tertiary/aromatic N) is 1. The fourth-order valence-electron chi connectivity index (χ4n) is 1.12. The van der Waals surface area contributed by atoms with Gasteiger partial charge in [0.1, 0.15) is 5.82 Å². The molecule has 0 atom stereocenters. The topological polar surface area (TPSA) is 57.8 Å². The molecule has 1 aromatic rings. The number of carbonyl (C=O) groups is 1. The van der Waals surface area contributed by atoms with E-state index in [1.165, 1.54) is 0 Å². The van der Waals surface area contributed by atoms with E-state index in [0.29, 0.717) is 18.7 Å². The molecule has 14 heavy (non-hydrogen) atoms. The van der Waals surface area contributed by atoms with Gasteiger partial charge >= 0.3 is 0 Å². The quantitative estimate of drug-likeness (QED) is 0.701. The molecule has 4 nitrogen and oxygen atoms in total. The summed E-state index contributed by atoms with van der Waals surface area (Å²) in [6, 6.07) is 0. The summed E-state index contributed by atoms with van der Waals surface area (Å²) >= 11 is 0. The number of H-pyrrole nitrogens is 1. The number of allylic oxidation sites excluding steroid dienone is 1. The van der Waals surface area contributed by atoms with Crippen LogP contribution < -0.4 is 5.32 Å². The monoisotopic (exact) mass is 193 g/mol. The van der Waals surface area contributed by atoms with Crippen molar-refractivity contribution in [3.63, 3.8) is 0 Å². The molecule has 0 bridgehead atoms. The zero-order valence-electron chi connectivity index (χ0n) is 8.34. The third-order valence-corrected chi connectivity index (χ3v) is 1.94.